The maximum absolute atomic E-state index is 12.9. The molecule has 1 aromatic heterocycles. The molecule has 20 heavy (non-hydrogen) atoms. The number of fused-ring (bicyclic) bond motifs is 1. The number of ketones is 1. The van der Waals surface area contributed by atoms with Crippen LogP contribution >= 0.6 is 0 Å². The number of Topliss-reactive ketones (excluding diaryl/α,β-unsaturated/α-hetero) is 1. The van der Waals surface area contributed by atoms with Crippen LogP contribution in [-0.4, -0.2) is 15.8 Å². The van der Waals surface area contributed by atoms with Crippen LogP contribution < -0.4 is 0 Å². The van der Waals surface area contributed by atoms with Gasteiger partial charge in [-0.15, -0.1) is 0 Å². The highest BCUT2D eigenvalue weighted by Crippen LogP contribution is 2.35. The van der Waals surface area contributed by atoms with E-state index in [2.05, 4.69) is 16.9 Å². The number of aromatic nitrogens is 2. The Kier molecular flexibility index (Phi) is 3.77. The van der Waals surface area contributed by atoms with E-state index in [1.807, 2.05) is 18.2 Å². The summed E-state index contributed by atoms with van der Waals surface area (Å²) in [5, 5.41) is 0. The standard InChI is InChI=1S/C17H20N2O/c1-2-12-6-3-4-7-13(12)17(20)14-8-5-9-15-16(14)19-11-10-18-15/h5,8-13H,2-4,6-7H2,1H3. The van der Waals surface area contributed by atoms with Crippen molar-refractivity contribution in [3.63, 3.8) is 0 Å². The molecular weight excluding hydrogens is 248 g/mol. The molecule has 1 aromatic carbocycles. The molecule has 2 unspecified atom stereocenters. The van der Waals surface area contributed by atoms with Crippen LogP contribution in [-0.2, 0) is 0 Å². The molecular formula is C17H20N2O. The Morgan fingerprint density at radius 2 is 2.00 bits per heavy atom. The van der Waals surface area contributed by atoms with Crippen molar-refractivity contribution < 1.29 is 4.79 Å². The molecule has 1 heterocycles. The van der Waals surface area contributed by atoms with Crippen LogP contribution in [0.1, 0.15) is 49.4 Å². The molecule has 0 aliphatic heterocycles. The summed E-state index contributed by atoms with van der Waals surface area (Å²) >= 11 is 0. The number of para-hydroxylation sites is 1. The van der Waals surface area contributed by atoms with Gasteiger partial charge in [0, 0.05) is 23.9 Å². The summed E-state index contributed by atoms with van der Waals surface area (Å²) in [6.45, 7) is 2.19. The Labute approximate surface area is 119 Å². The molecule has 0 radical (unpaired) electrons. The van der Waals surface area contributed by atoms with Crippen molar-refractivity contribution in [3.05, 3.63) is 36.2 Å². The number of carbonyl (C=O) groups excluding carboxylic acids is 1. The predicted octanol–water partition coefficient (Wildman–Crippen LogP) is 4.03. The van der Waals surface area contributed by atoms with Gasteiger partial charge in [-0.3, -0.25) is 14.8 Å². The molecule has 1 aliphatic carbocycles. The molecule has 0 spiro atoms. The molecule has 3 heteroatoms. The Balaban J connectivity index is 1.99. The molecule has 3 nitrogen and oxygen atoms in total. The van der Waals surface area contributed by atoms with Gasteiger partial charge in [0.15, 0.2) is 5.78 Å². The maximum Gasteiger partial charge on any atom is 0.168 e. The minimum atomic E-state index is 0.168. The first-order valence-corrected chi connectivity index (χ1v) is 7.55. The fourth-order valence-electron chi connectivity index (χ4n) is 3.43. The minimum absolute atomic E-state index is 0.168. The van der Waals surface area contributed by atoms with Crippen LogP contribution in [0, 0.1) is 11.8 Å². The summed E-state index contributed by atoms with van der Waals surface area (Å²) < 4.78 is 0. The van der Waals surface area contributed by atoms with E-state index < -0.39 is 0 Å². The van der Waals surface area contributed by atoms with E-state index in [4.69, 9.17) is 0 Å². The summed E-state index contributed by atoms with van der Waals surface area (Å²) in [5.41, 5.74) is 2.31. The van der Waals surface area contributed by atoms with Gasteiger partial charge >= 0.3 is 0 Å². The molecule has 1 aliphatic rings. The van der Waals surface area contributed by atoms with E-state index >= 15 is 0 Å². The number of rotatable bonds is 3. The van der Waals surface area contributed by atoms with E-state index in [9.17, 15) is 4.79 Å². The van der Waals surface area contributed by atoms with Gasteiger partial charge in [-0.1, -0.05) is 32.3 Å². The normalized spacial score (nSPS) is 22.9. The third-order valence-corrected chi connectivity index (χ3v) is 4.53. The maximum atomic E-state index is 12.9. The molecule has 0 N–H and O–H groups in total. The molecule has 1 saturated carbocycles. The quantitative estimate of drug-likeness (QED) is 0.789. The zero-order valence-electron chi connectivity index (χ0n) is 11.9. The van der Waals surface area contributed by atoms with Crippen molar-refractivity contribution in [2.75, 3.05) is 0 Å². The van der Waals surface area contributed by atoms with Crippen LogP contribution in [0.3, 0.4) is 0 Å². The second-order valence-electron chi connectivity index (χ2n) is 5.65. The molecule has 1 fully saturated rings. The van der Waals surface area contributed by atoms with E-state index in [0.717, 1.165) is 29.4 Å². The zero-order chi connectivity index (χ0) is 13.9. The third kappa shape index (κ3) is 2.33. The summed E-state index contributed by atoms with van der Waals surface area (Å²) in [5.74, 6) is 0.965. The van der Waals surface area contributed by atoms with Crippen molar-refractivity contribution in [2.45, 2.75) is 39.0 Å². The van der Waals surface area contributed by atoms with Crippen molar-refractivity contribution in [3.8, 4) is 0 Å². The highest BCUT2D eigenvalue weighted by atomic mass is 16.1. The molecule has 0 bridgehead atoms. The predicted molar refractivity (Wildman–Crippen MR) is 79.6 cm³/mol. The lowest BCUT2D eigenvalue weighted by Gasteiger charge is -2.29. The molecule has 3 rings (SSSR count). The minimum Gasteiger partial charge on any atom is -0.294 e. The third-order valence-electron chi connectivity index (χ3n) is 4.53. The van der Waals surface area contributed by atoms with Crippen molar-refractivity contribution >= 4 is 16.8 Å². The number of carbonyl (C=O) groups is 1. The lowest BCUT2D eigenvalue weighted by molar-refractivity contribution is 0.0822. The Hall–Kier alpha value is -1.77. The number of nitrogens with zero attached hydrogens (tertiary/aromatic N) is 2. The van der Waals surface area contributed by atoms with Gasteiger partial charge in [-0.25, -0.2) is 0 Å². The lowest BCUT2D eigenvalue weighted by Crippen LogP contribution is -2.27. The summed E-state index contributed by atoms with van der Waals surface area (Å²) in [7, 11) is 0. The molecule has 2 aromatic rings. The van der Waals surface area contributed by atoms with Gasteiger partial charge in [0.05, 0.1) is 11.0 Å². The summed E-state index contributed by atoms with van der Waals surface area (Å²) in [6, 6.07) is 5.73. The van der Waals surface area contributed by atoms with E-state index in [-0.39, 0.29) is 11.7 Å². The van der Waals surface area contributed by atoms with E-state index in [1.165, 1.54) is 19.3 Å². The molecule has 0 saturated heterocycles. The van der Waals surface area contributed by atoms with Crippen LogP contribution in [0.2, 0.25) is 0 Å². The first kappa shape index (κ1) is 13.2. The van der Waals surface area contributed by atoms with Gasteiger partial charge in [0.25, 0.3) is 0 Å². The number of hydrogen-bond acceptors (Lipinski definition) is 3. The first-order valence-electron chi connectivity index (χ1n) is 7.55. The van der Waals surface area contributed by atoms with E-state index in [1.54, 1.807) is 12.4 Å². The summed E-state index contributed by atoms with van der Waals surface area (Å²) in [4.78, 5) is 21.6. The Bertz CT molecular complexity index is 618. The fraction of sp³-hybridized carbons (Fsp3) is 0.471. The molecule has 0 amide bonds. The smallest absolute Gasteiger partial charge is 0.168 e. The highest BCUT2D eigenvalue weighted by Gasteiger charge is 2.31. The lowest BCUT2D eigenvalue weighted by atomic mass is 9.74. The van der Waals surface area contributed by atoms with Gasteiger partial charge < -0.3 is 0 Å². The van der Waals surface area contributed by atoms with Crippen LogP contribution in [0.15, 0.2) is 30.6 Å². The largest absolute Gasteiger partial charge is 0.294 e. The van der Waals surface area contributed by atoms with Crippen LogP contribution in [0.5, 0.6) is 0 Å². The fourth-order valence-corrected chi connectivity index (χ4v) is 3.43. The highest BCUT2D eigenvalue weighted by molar-refractivity contribution is 6.07. The van der Waals surface area contributed by atoms with Crippen molar-refractivity contribution in [1.29, 1.82) is 0 Å². The molecule has 2 atom stereocenters. The average molecular weight is 268 g/mol. The van der Waals surface area contributed by atoms with Crippen molar-refractivity contribution in [2.24, 2.45) is 11.8 Å². The van der Waals surface area contributed by atoms with Crippen LogP contribution in [0.4, 0.5) is 0 Å². The monoisotopic (exact) mass is 268 g/mol. The second-order valence-corrected chi connectivity index (χ2v) is 5.65. The van der Waals surface area contributed by atoms with Gasteiger partial charge in [-0.2, -0.15) is 0 Å². The summed E-state index contributed by atoms with van der Waals surface area (Å²) in [6.07, 6.45) is 9.06. The van der Waals surface area contributed by atoms with Gasteiger partial charge in [-0.05, 0) is 30.9 Å². The van der Waals surface area contributed by atoms with E-state index in [0.29, 0.717) is 5.92 Å². The van der Waals surface area contributed by atoms with Gasteiger partial charge in [0.2, 0.25) is 0 Å². The number of benzene rings is 1. The van der Waals surface area contributed by atoms with Gasteiger partial charge in [0.1, 0.15) is 0 Å². The van der Waals surface area contributed by atoms with Crippen LogP contribution in [0.25, 0.3) is 11.0 Å². The zero-order valence-corrected chi connectivity index (χ0v) is 11.9. The second kappa shape index (κ2) is 5.70. The molecule has 104 valence electrons. The first-order chi connectivity index (χ1) is 9.81. The number of hydrogen-bond donors (Lipinski definition) is 0. The Morgan fingerprint density at radius 3 is 2.85 bits per heavy atom. The van der Waals surface area contributed by atoms with Crippen molar-refractivity contribution in [1.82, 2.24) is 9.97 Å². The Morgan fingerprint density at radius 1 is 1.20 bits per heavy atom. The average Bonchev–Trinajstić information content (AvgIpc) is 2.53. The topological polar surface area (TPSA) is 42.9 Å². The SMILES string of the molecule is CCC1CCCCC1C(=O)c1cccc2nccnc12.